The van der Waals surface area contributed by atoms with Crippen molar-refractivity contribution < 1.29 is 24.0 Å². The van der Waals surface area contributed by atoms with Gasteiger partial charge in [-0.15, -0.1) is 0 Å². The SMILES string of the molecule is C[C@H]1C(OC(C#N)c2cccc(Cl)c2)O[C@@H]2O[C@@]3(C)CC[C@H]4[C@H](C)CCC1C24OO3. The fraction of sp³-hybridized carbons (Fsp3) is 0.696. The minimum absolute atomic E-state index is 0.0148. The molecule has 1 spiro atoms. The van der Waals surface area contributed by atoms with Crippen LogP contribution in [0.15, 0.2) is 24.3 Å². The fourth-order valence-corrected chi connectivity index (χ4v) is 6.21. The van der Waals surface area contributed by atoms with E-state index in [1.54, 1.807) is 12.1 Å². The average Bonchev–Trinajstić information content (AvgIpc) is 2.95. The molecule has 4 saturated heterocycles. The van der Waals surface area contributed by atoms with Crippen molar-refractivity contribution >= 4 is 11.6 Å². The topological polar surface area (TPSA) is 69.9 Å². The van der Waals surface area contributed by atoms with Gasteiger partial charge < -0.3 is 14.2 Å². The number of ether oxygens (including phenoxy) is 3. The predicted octanol–water partition coefficient (Wildman–Crippen LogP) is 5.13. The standard InChI is InChI=1S/C23H28ClNO5/c1-13-7-8-18-14(2)20(26-19(12-25)15-5-4-6-16(24)11-15)27-21-23(18)17(13)9-10-22(3,28-21)29-30-23/h4-6,11,13-14,17-21H,7-10H2,1-3H3/t13-,14-,17+,18?,19?,20?,21-,22-,23?/m1/s1. The first-order valence-electron chi connectivity index (χ1n) is 10.9. The Labute approximate surface area is 182 Å². The lowest BCUT2D eigenvalue weighted by Crippen LogP contribution is -2.70. The molecule has 4 aliphatic heterocycles. The maximum atomic E-state index is 9.77. The first-order chi connectivity index (χ1) is 14.4. The molecule has 0 radical (unpaired) electrons. The van der Waals surface area contributed by atoms with Gasteiger partial charge in [0.1, 0.15) is 0 Å². The van der Waals surface area contributed by atoms with Gasteiger partial charge in [-0.25, -0.2) is 9.78 Å². The van der Waals surface area contributed by atoms with Crippen LogP contribution < -0.4 is 0 Å². The van der Waals surface area contributed by atoms with Crippen LogP contribution in [-0.2, 0) is 24.0 Å². The molecule has 0 aromatic heterocycles. The molecule has 5 fully saturated rings. The van der Waals surface area contributed by atoms with E-state index in [2.05, 4.69) is 19.9 Å². The summed E-state index contributed by atoms with van der Waals surface area (Å²) >= 11 is 6.12. The molecule has 2 bridgehead atoms. The zero-order chi connectivity index (χ0) is 21.1. The Balaban J connectivity index is 1.46. The van der Waals surface area contributed by atoms with E-state index in [1.165, 1.54) is 0 Å². The van der Waals surface area contributed by atoms with Gasteiger partial charge in [-0.1, -0.05) is 37.6 Å². The van der Waals surface area contributed by atoms with Crippen molar-refractivity contribution in [3.05, 3.63) is 34.9 Å². The zero-order valence-corrected chi connectivity index (χ0v) is 18.3. The smallest absolute Gasteiger partial charge is 0.201 e. The Hall–Kier alpha value is -1.20. The minimum atomic E-state index is -0.829. The van der Waals surface area contributed by atoms with Crippen LogP contribution in [0.25, 0.3) is 0 Å². The highest BCUT2D eigenvalue weighted by molar-refractivity contribution is 6.30. The Kier molecular flexibility index (Phi) is 5.13. The molecule has 6 nitrogen and oxygen atoms in total. The summed E-state index contributed by atoms with van der Waals surface area (Å²) in [6.07, 6.45) is 1.90. The molecule has 0 amide bonds. The van der Waals surface area contributed by atoms with E-state index in [0.717, 1.165) is 25.7 Å². The maximum absolute atomic E-state index is 9.77. The Morgan fingerprint density at radius 1 is 1.20 bits per heavy atom. The second kappa shape index (κ2) is 7.44. The van der Waals surface area contributed by atoms with Crippen LogP contribution in [0.1, 0.15) is 58.1 Å². The summed E-state index contributed by atoms with van der Waals surface area (Å²) in [5.74, 6) is 0.144. The Morgan fingerprint density at radius 3 is 2.80 bits per heavy atom. The average molecular weight is 434 g/mol. The van der Waals surface area contributed by atoms with Crippen molar-refractivity contribution in [1.29, 1.82) is 5.26 Å². The molecule has 9 atom stereocenters. The summed E-state index contributed by atoms with van der Waals surface area (Å²) in [5, 5.41) is 10.3. The largest absolute Gasteiger partial charge is 0.329 e. The normalized spacial score (nSPS) is 45.8. The molecular weight excluding hydrogens is 406 g/mol. The van der Waals surface area contributed by atoms with E-state index in [-0.39, 0.29) is 11.8 Å². The second-order valence-corrected chi connectivity index (χ2v) is 9.91. The van der Waals surface area contributed by atoms with E-state index in [0.29, 0.717) is 22.4 Å². The lowest BCUT2D eigenvalue weighted by atomic mass is 9.58. The first-order valence-corrected chi connectivity index (χ1v) is 11.2. The van der Waals surface area contributed by atoms with Crippen LogP contribution in [0, 0.1) is 35.0 Å². The number of rotatable bonds is 3. The molecule has 7 heteroatoms. The third-order valence-electron chi connectivity index (χ3n) is 7.64. The van der Waals surface area contributed by atoms with E-state index < -0.39 is 30.1 Å². The summed E-state index contributed by atoms with van der Waals surface area (Å²) in [4.78, 5) is 12.0. The second-order valence-electron chi connectivity index (χ2n) is 9.47. The number of benzene rings is 1. The van der Waals surface area contributed by atoms with Gasteiger partial charge >= 0.3 is 0 Å². The van der Waals surface area contributed by atoms with Crippen LogP contribution >= 0.6 is 11.6 Å². The molecule has 4 heterocycles. The zero-order valence-electron chi connectivity index (χ0n) is 17.5. The molecule has 4 unspecified atom stereocenters. The molecule has 1 aromatic carbocycles. The fourth-order valence-electron chi connectivity index (χ4n) is 6.01. The van der Waals surface area contributed by atoms with Gasteiger partial charge in [0.05, 0.1) is 6.07 Å². The number of hydrogen-bond acceptors (Lipinski definition) is 6. The molecule has 30 heavy (non-hydrogen) atoms. The van der Waals surface area contributed by atoms with Gasteiger partial charge in [-0.05, 0) is 55.7 Å². The van der Waals surface area contributed by atoms with Gasteiger partial charge in [0.25, 0.3) is 0 Å². The summed E-state index contributed by atoms with van der Waals surface area (Å²) in [6, 6.07) is 9.44. The van der Waals surface area contributed by atoms with Crippen molar-refractivity contribution in [2.45, 2.75) is 76.5 Å². The van der Waals surface area contributed by atoms with E-state index in [4.69, 9.17) is 35.6 Å². The molecule has 1 saturated carbocycles. The van der Waals surface area contributed by atoms with Crippen LogP contribution in [0.3, 0.4) is 0 Å². The van der Waals surface area contributed by atoms with Crippen molar-refractivity contribution in [3.8, 4) is 6.07 Å². The highest BCUT2D eigenvalue weighted by atomic mass is 35.5. The van der Waals surface area contributed by atoms with Crippen molar-refractivity contribution in [2.24, 2.45) is 23.7 Å². The number of hydrogen-bond donors (Lipinski definition) is 0. The summed E-state index contributed by atoms with van der Waals surface area (Å²) < 4.78 is 19.0. The Morgan fingerprint density at radius 2 is 2.03 bits per heavy atom. The maximum Gasteiger partial charge on any atom is 0.201 e. The first kappa shape index (κ1) is 20.7. The van der Waals surface area contributed by atoms with Gasteiger partial charge in [-0.2, -0.15) is 5.26 Å². The van der Waals surface area contributed by atoms with Gasteiger partial charge in [0.15, 0.2) is 24.3 Å². The highest BCUT2D eigenvalue weighted by Crippen LogP contribution is 2.60. The predicted molar refractivity (Wildman–Crippen MR) is 108 cm³/mol. The minimum Gasteiger partial charge on any atom is -0.329 e. The van der Waals surface area contributed by atoms with Crippen molar-refractivity contribution in [2.75, 3.05) is 0 Å². The van der Waals surface area contributed by atoms with Crippen LogP contribution in [0.4, 0.5) is 0 Å². The Bertz CT molecular complexity index is 860. The van der Waals surface area contributed by atoms with E-state index >= 15 is 0 Å². The molecular formula is C23H28ClNO5. The van der Waals surface area contributed by atoms with Crippen molar-refractivity contribution in [1.82, 2.24) is 0 Å². The molecule has 1 aromatic rings. The number of nitrogens with zero attached hydrogens (tertiary/aromatic N) is 1. The quantitative estimate of drug-likeness (QED) is 0.615. The monoisotopic (exact) mass is 433 g/mol. The molecule has 5 aliphatic rings. The number of nitriles is 1. The lowest BCUT2D eigenvalue weighted by molar-refractivity contribution is -0.578. The van der Waals surface area contributed by atoms with Crippen LogP contribution in [-0.4, -0.2) is 24.0 Å². The summed E-state index contributed by atoms with van der Waals surface area (Å²) in [5.41, 5.74) is 0.0802. The van der Waals surface area contributed by atoms with E-state index in [1.807, 2.05) is 19.1 Å². The third-order valence-corrected chi connectivity index (χ3v) is 7.87. The number of fused-ring (bicyclic) bond motifs is 2. The van der Waals surface area contributed by atoms with Gasteiger partial charge in [0.2, 0.25) is 5.79 Å². The van der Waals surface area contributed by atoms with Crippen LogP contribution in [0.2, 0.25) is 5.02 Å². The molecule has 1 aliphatic carbocycles. The summed E-state index contributed by atoms with van der Waals surface area (Å²) in [6.45, 7) is 6.30. The summed E-state index contributed by atoms with van der Waals surface area (Å²) in [7, 11) is 0. The highest BCUT2D eigenvalue weighted by Gasteiger charge is 2.69. The lowest BCUT2D eigenvalue weighted by Gasteiger charge is -2.60. The molecule has 0 N–H and O–H groups in total. The molecule has 162 valence electrons. The van der Waals surface area contributed by atoms with Gasteiger partial charge in [0, 0.05) is 23.3 Å². The van der Waals surface area contributed by atoms with Crippen molar-refractivity contribution in [3.63, 3.8) is 0 Å². The van der Waals surface area contributed by atoms with E-state index in [9.17, 15) is 5.26 Å². The van der Waals surface area contributed by atoms with Crippen LogP contribution in [0.5, 0.6) is 0 Å². The number of halogens is 1. The third kappa shape index (κ3) is 3.10. The van der Waals surface area contributed by atoms with Gasteiger partial charge in [-0.3, -0.25) is 0 Å². The molecule has 6 rings (SSSR count).